The van der Waals surface area contributed by atoms with Crippen molar-refractivity contribution in [3.8, 4) is 0 Å². The zero-order valence-corrected chi connectivity index (χ0v) is 18.3. The first kappa shape index (κ1) is 19.5. The van der Waals surface area contributed by atoms with Crippen molar-refractivity contribution in [3.63, 3.8) is 0 Å². The number of hydrogen-bond acceptors (Lipinski definition) is 4. The second-order valence-electron chi connectivity index (χ2n) is 10.5. The Morgan fingerprint density at radius 1 is 1.10 bits per heavy atom. The number of halogens is 1. The van der Waals surface area contributed by atoms with Crippen LogP contribution >= 0.6 is 11.6 Å². The zero-order valence-electron chi connectivity index (χ0n) is 17.6. The van der Waals surface area contributed by atoms with Gasteiger partial charge in [0.1, 0.15) is 0 Å². The average Bonchev–Trinajstić information content (AvgIpc) is 3.39. The lowest BCUT2D eigenvalue weighted by molar-refractivity contribution is -0.185. The van der Waals surface area contributed by atoms with Crippen molar-refractivity contribution in [3.05, 3.63) is 22.8 Å². The number of carbonyl (C=O) groups is 3. The number of Topliss-reactive ketones (excluding diaryl/α,β-unsaturated/α-hetero) is 1. The van der Waals surface area contributed by atoms with Crippen LogP contribution in [0.1, 0.15) is 59.8 Å². The van der Waals surface area contributed by atoms with Gasteiger partial charge in [0, 0.05) is 28.7 Å². The quantitative estimate of drug-likeness (QED) is 0.617. The minimum Gasteiger partial charge on any atom is -0.451 e. The molecule has 3 saturated carbocycles. The number of fused-ring (bicyclic) bond motifs is 7. The van der Waals surface area contributed by atoms with E-state index in [0.29, 0.717) is 23.3 Å². The van der Waals surface area contributed by atoms with Crippen molar-refractivity contribution in [2.24, 2.45) is 40.4 Å². The first-order chi connectivity index (χ1) is 13.6. The Kier molecular flexibility index (Phi) is 3.93. The first-order valence-electron chi connectivity index (χ1n) is 10.9. The molecular formula is C24H29ClO4. The van der Waals surface area contributed by atoms with Crippen molar-refractivity contribution < 1.29 is 19.1 Å². The lowest BCUT2D eigenvalue weighted by atomic mass is 9.47. The van der Waals surface area contributed by atoms with E-state index in [-0.39, 0.29) is 46.1 Å². The number of ketones is 2. The molecule has 0 N–H and O–H groups in total. The van der Waals surface area contributed by atoms with Gasteiger partial charge in [-0.1, -0.05) is 31.5 Å². The highest BCUT2D eigenvalue weighted by Gasteiger charge is 2.70. The number of hydrogen-bond donors (Lipinski definition) is 0. The molecule has 156 valence electrons. The maximum Gasteiger partial charge on any atom is 0.303 e. The second kappa shape index (κ2) is 5.84. The Hall–Kier alpha value is -1.42. The van der Waals surface area contributed by atoms with E-state index in [9.17, 15) is 14.4 Å². The molecule has 0 aromatic rings. The molecule has 0 aromatic carbocycles. The van der Waals surface area contributed by atoms with Crippen molar-refractivity contribution in [2.45, 2.75) is 65.4 Å². The van der Waals surface area contributed by atoms with Crippen LogP contribution in [-0.4, -0.2) is 23.1 Å². The molecule has 0 aliphatic heterocycles. The number of rotatable bonds is 2. The molecule has 2 unspecified atom stereocenters. The van der Waals surface area contributed by atoms with Crippen LogP contribution in [-0.2, 0) is 19.1 Å². The van der Waals surface area contributed by atoms with Gasteiger partial charge >= 0.3 is 5.97 Å². The molecule has 0 spiro atoms. The molecule has 0 radical (unpaired) electrons. The van der Waals surface area contributed by atoms with Crippen LogP contribution < -0.4 is 0 Å². The van der Waals surface area contributed by atoms with Crippen LogP contribution in [0.2, 0.25) is 0 Å². The fraction of sp³-hybridized carbons (Fsp3) is 0.708. The van der Waals surface area contributed by atoms with E-state index >= 15 is 0 Å². The number of carbonyl (C=O) groups excluding carboxylic acids is 3. The van der Waals surface area contributed by atoms with E-state index in [1.54, 1.807) is 6.92 Å². The third-order valence-corrected chi connectivity index (χ3v) is 9.83. The Balaban J connectivity index is 1.60. The molecule has 4 nitrogen and oxygen atoms in total. The van der Waals surface area contributed by atoms with E-state index in [1.165, 1.54) is 6.92 Å². The minimum atomic E-state index is -1.03. The Bertz CT molecular complexity index is 903. The summed E-state index contributed by atoms with van der Waals surface area (Å²) in [7, 11) is 0. The second-order valence-corrected chi connectivity index (χ2v) is 10.9. The molecule has 5 aliphatic carbocycles. The van der Waals surface area contributed by atoms with E-state index in [0.717, 1.165) is 31.3 Å². The molecule has 5 rings (SSSR count). The molecule has 0 bridgehead atoms. The SMILES string of the molecule is CC(=O)O[C@]1(C(C)=O)CC[C@H]2[C@@H]3C=C(Cl)C4=CC(=O)C5CC5[C@@]4(C)[C@@H]3CC[C@@]21C. The van der Waals surface area contributed by atoms with Gasteiger partial charge in [0.05, 0.1) is 0 Å². The van der Waals surface area contributed by atoms with Gasteiger partial charge in [0.2, 0.25) is 0 Å². The van der Waals surface area contributed by atoms with Gasteiger partial charge in [-0.15, -0.1) is 0 Å². The Morgan fingerprint density at radius 2 is 1.79 bits per heavy atom. The van der Waals surface area contributed by atoms with Gasteiger partial charge in [-0.3, -0.25) is 14.4 Å². The Labute approximate surface area is 177 Å². The molecule has 29 heavy (non-hydrogen) atoms. The smallest absolute Gasteiger partial charge is 0.303 e. The van der Waals surface area contributed by atoms with Crippen LogP contribution in [0.3, 0.4) is 0 Å². The van der Waals surface area contributed by atoms with E-state index < -0.39 is 5.60 Å². The predicted molar refractivity (Wildman–Crippen MR) is 109 cm³/mol. The summed E-state index contributed by atoms with van der Waals surface area (Å²) < 4.78 is 5.82. The monoisotopic (exact) mass is 416 g/mol. The summed E-state index contributed by atoms with van der Waals surface area (Å²) in [4.78, 5) is 37.1. The summed E-state index contributed by atoms with van der Waals surface area (Å²) in [5, 5.41) is 0.713. The first-order valence-corrected chi connectivity index (χ1v) is 11.3. The summed E-state index contributed by atoms with van der Waals surface area (Å²) >= 11 is 6.79. The van der Waals surface area contributed by atoms with Gasteiger partial charge in [-0.2, -0.15) is 0 Å². The summed E-state index contributed by atoms with van der Waals surface area (Å²) in [6.07, 6.45) is 8.18. The van der Waals surface area contributed by atoms with Crippen LogP contribution in [0.5, 0.6) is 0 Å². The van der Waals surface area contributed by atoms with E-state index in [2.05, 4.69) is 19.9 Å². The van der Waals surface area contributed by atoms with Crippen molar-refractivity contribution in [2.75, 3.05) is 0 Å². The fourth-order valence-electron chi connectivity index (χ4n) is 8.03. The third-order valence-electron chi connectivity index (χ3n) is 9.50. The van der Waals surface area contributed by atoms with Gasteiger partial charge in [0.15, 0.2) is 17.2 Å². The maximum atomic E-state index is 12.8. The van der Waals surface area contributed by atoms with E-state index in [1.807, 2.05) is 6.08 Å². The normalized spacial score (nSPS) is 49.7. The molecule has 3 fully saturated rings. The highest BCUT2D eigenvalue weighted by molar-refractivity contribution is 6.32. The number of allylic oxidation sites excluding steroid dienone is 4. The molecule has 5 aliphatic rings. The van der Waals surface area contributed by atoms with Gasteiger partial charge in [0.25, 0.3) is 0 Å². The minimum absolute atomic E-state index is 0.0423. The van der Waals surface area contributed by atoms with Gasteiger partial charge < -0.3 is 4.74 Å². The van der Waals surface area contributed by atoms with Crippen LogP contribution in [0, 0.1) is 40.4 Å². The average molecular weight is 417 g/mol. The highest BCUT2D eigenvalue weighted by Crippen LogP contribution is 2.72. The van der Waals surface area contributed by atoms with Gasteiger partial charge in [-0.05, 0) is 74.3 Å². The zero-order chi connectivity index (χ0) is 20.9. The molecular weight excluding hydrogens is 388 g/mol. The highest BCUT2D eigenvalue weighted by atomic mass is 35.5. The molecule has 0 aromatic heterocycles. The fourth-order valence-corrected chi connectivity index (χ4v) is 8.43. The molecule has 0 amide bonds. The van der Waals surface area contributed by atoms with Crippen LogP contribution in [0.4, 0.5) is 0 Å². The van der Waals surface area contributed by atoms with Crippen molar-refractivity contribution >= 4 is 29.1 Å². The number of esters is 1. The summed E-state index contributed by atoms with van der Waals surface area (Å²) in [6, 6.07) is 0. The van der Waals surface area contributed by atoms with Crippen molar-refractivity contribution in [1.82, 2.24) is 0 Å². The lowest BCUT2D eigenvalue weighted by Gasteiger charge is -2.57. The van der Waals surface area contributed by atoms with Crippen LogP contribution in [0.15, 0.2) is 22.8 Å². The molecule has 0 heterocycles. The molecule has 8 atom stereocenters. The van der Waals surface area contributed by atoms with Crippen molar-refractivity contribution in [1.29, 1.82) is 0 Å². The maximum absolute atomic E-state index is 12.8. The summed E-state index contributed by atoms with van der Waals surface area (Å²) in [5.74, 6) is 1.27. The lowest BCUT2D eigenvalue weighted by Crippen LogP contribution is -2.58. The molecule has 5 heteroatoms. The number of ether oxygens (including phenoxy) is 1. The standard InChI is InChI=1S/C24H29ClO4/c1-12(26)24(29-13(2)27)8-6-16-14-10-20(25)19-11-21(28)15-9-18(15)23(19,4)17(14)5-7-22(16,24)3/h10-11,14-18H,5-9H2,1-4H3/t14-,15?,16-,17+,18?,22-,23+,24-/m0/s1. The summed E-state index contributed by atoms with van der Waals surface area (Å²) in [5.41, 5.74) is -0.455. The van der Waals surface area contributed by atoms with Gasteiger partial charge in [-0.25, -0.2) is 0 Å². The Morgan fingerprint density at radius 3 is 2.45 bits per heavy atom. The molecule has 0 saturated heterocycles. The van der Waals surface area contributed by atoms with Crippen LogP contribution in [0.25, 0.3) is 0 Å². The van der Waals surface area contributed by atoms with E-state index in [4.69, 9.17) is 16.3 Å². The third kappa shape index (κ3) is 2.24. The summed E-state index contributed by atoms with van der Waals surface area (Å²) in [6.45, 7) is 7.42. The predicted octanol–water partition coefficient (Wildman–Crippen LogP) is 4.61. The largest absolute Gasteiger partial charge is 0.451 e. The topological polar surface area (TPSA) is 60.4 Å².